The van der Waals surface area contributed by atoms with Gasteiger partial charge in [-0.2, -0.15) is 15.9 Å². The van der Waals surface area contributed by atoms with E-state index in [-0.39, 0.29) is 0 Å². The van der Waals surface area contributed by atoms with E-state index in [0.29, 0.717) is 0 Å². The van der Waals surface area contributed by atoms with E-state index in [0.717, 1.165) is 29.4 Å². The second-order valence-electron chi connectivity index (χ2n) is 3.55. The van der Waals surface area contributed by atoms with E-state index in [1.807, 2.05) is 35.9 Å². The largest absolute Gasteiger partial charge is 0.369 e. The molecule has 0 spiro atoms. The van der Waals surface area contributed by atoms with Crippen LogP contribution in [0.3, 0.4) is 0 Å². The number of anilines is 1. The molecule has 0 fully saturated rings. The lowest BCUT2D eigenvalue weighted by Crippen LogP contribution is -2.03. The Hall–Kier alpha value is -1.95. The summed E-state index contributed by atoms with van der Waals surface area (Å²) in [5.74, 6) is 1.61. The van der Waals surface area contributed by atoms with E-state index in [9.17, 15) is 0 Å². The predicted molar refractivity (Wildman–Crippen MR) is 68.3 cm³/mol. The van der Waals surface area contributed by atoms with Crippen molar-refractivity contribution >= 4 is 22.8 Å². The molecule has 0 aliphatic rings. The summed E-state index contributed by atoms with van der Waals surface area (Å²) in [7, 11) is 0. The SMILES string of the molecule is CCNc1ccc2nnc(-c3ccsc3)n2n1. The second kappa shape index (κ2) is 4.14. The Kier molecular flexibility index (Phi) is 2.49. The number of hydrogen-bond donors (Lipinski definition) is 1. The van der Waals surface area contributed by atoms with Gasteiger partial charge in [0.1, 0.15) is 5.82 Å². The summed E-state index contributed by atoms with van der Waals surface area (Å²) in [5.41, 5.74) is 1.80. The fourth-order valence-corrected chi connectivity index (χ4v) is 2.27. The molecule has 6 heteroatoms. The van der Waals surface area contributed by atoms with Gasteiger partial charge in [-0.15, -0.1) is 15.3 Å². The standard InChI is InChI=1S/C11H11N5S/c1-2-12-9-3-4-10-13-14-11(16(10)15-9)8-5-6-17-7-8/h3-7H,2H2,1H3,(H,12,15). The summed E-state index contributed by atoms with van der Waals surface area (Å²) in [4.78, 5) is 0. The number of fused-ring (bicyclic) bond motifs is 1. The highest BCUT2D eigenvalue weighted by Gasteiger charge is 2.09. The van der Waals surface area contributed by atoms with E-state index < -0.39 is 0 Å². The molecule has 0 unspecified atom stereocenters. The Bertz CT molecular complexity index is 628. The third kappa shape index (κ3) is 1.76. The third-order valence-electron chi connectivity index (χ3n) is 2.40. The average molecular weight is 245 g/mol. The van der Waals surface area contributed by atoms with Crippen molar-refractivity contribution in [3.8, 4) is 11.4 Å². The first-order valence-electron chi connectivity index (χ1n) is 5.37. The van der Waals surface area contributed by atoms with Crippen molar-refractivity contribution < 1.29 is 0 Å². The van der Waals surface area contributed by atoms with Crippen molar-refractivity contribution in [2.75, 3.05) is 11.9 Å². The summed E-state index contributed by atoms with van der Waals surface area (Å²) in [5, 5.41) is 20.0. The monoisotopic (exact) mass is 245 g/mol. The fourth-order valence-electron chi connectivity index (χ4n) is 1.64. The molecule has 3 rings (SSSR count). The molecule has 0 aromatic carbocycles. The highest BCUT2D eigenvalue weighted by Crippen LogP contribution is 2.20. The molecule has 1 N–H and O–H groups in total. The van der Waals surface area contributed by atoms with Gasteiger partial charge in [-0.1, -0.05) is 0 Å². The molecule has 86 valence electrons. The van der Waals surface area contributed by atoms with Gasteiger partial charge in [0.25, 0.3) is 0 Å². The first-order chi connectivity index (χ1) is 8.38. The zero-order chi connectivity index (χ0) is 11.7. The van der Waals surface area contributed by atoms with Crippen molar-refractivity contribution in [3.63, 3.8) is 0 Å². The molecule has 5 nitrogen and oxygen atoms in total. The van der Waals surface area contributed by atoms with E-state index >= 15 is 0 Å². The van der Waals surface area contributed by atoms with Crippen LogP contribution in [-0.4, -0.2) is 26.4 Å². The van der Waals surface area contributed by atoms with Crippen LogP contribution in [0.15, 0.2) is 29.0 Å². The lowest BCUT2D eigenvalue weighted by molar-refractivity contribution is 0.931. The van der Waals surface area contributed by atoms with Gasteiger partial charge in [0, 0.05) is 17.5 Å². The van der Waals surface area contributed by atoms with Gasteiger partial charge < -0.3 is 5.32 Å². The quantitative estimate of drug-likeness (QED) is 0.769. The molecule has 17 heavy (non-hydrogen) atoms. The van der Waals surface area contributed by atoms with Gasteiger partial charge in [0.2, 0.25) is 0 Å². The summed E-state index contributed by atoms with van der Waals surface area (Å²) in [6.07, 6.45) is 0. The number of nitrogens with one attached hydrogen (secondary N) is 1. The first kappa shape index (κ1) is 10.2. The summed E-state index contributed by atoms with van der Waals surface area (Å²) in [6.45, 7) is 2.88. The molecule has 3 aromatic rings. The summed E-state index contributed by atoms with van der Waals surface area (Å²) < 4.78 is 1.76. The topological polar surface area (TPSA) is 55.1 Å². The molecule has 0 aliphatic carbocycles. The summed E-state index contributed by atoms with van der Waals surface area (Å²) >= 11 is 1.64. The van der Waals surface area contributed by atoms with Gasteiger partial charge in [-0.3, -0.25) is 0 Å². The maximum Gasteiger partial charge on any atom is 0.186 e. The smallest absolute Gasteiger partial charge is 0.186 e. The molecule has 0 saturated heterocycles. The Balaban J connectivity index is 2.16. The molecular formula is C11H11N5S. The first-order valence-corrected chi connectivity index (χ1v) is 6.31. The number of hydrogen-bond acceptors (Lipinski definition) is 5. The zero-order valence-electron chi connectivity index (χ0n) is 9.29. The Morgan fingerprint density at radius 2 is 2.24 bits per heavy atom. The van der Waals surface area contributed by atoms with E-state index in [4.69, 9.17) is 0 Å². The molecule has 0 saturated carbocycles. The van der Waals surface area contributed by atoms with Crippen LogP contribution in [0.5, 0.6) is 0 Å². The Morgan fingerprint density at radius 3 is 3.00 bits per heavy atom. The number of aromatic nitrogens is 4. The highest BCUT2D eigenvalue weighted by atomic mass is 32.1. The lowest BCUT2D eigenvalue weighted by atomic mass is 10.3. The summed E-state index contributed by atoms with van der Waals surface area (Å²) in [6, 6.07) is 5.83. The Labute approximate surface area is 102 Å². The Morgan fingerprint density at radius 1 is 1.29 bits per heavy atom. The van der Waals surface area contributed by atoms with Gasteiger partial charge >= 0.3 is 0 Å². The number of rotatable bonds is 3. The molecule has 0 atom stereocenters. The van der Waals surface area contributed by atoms with Crippen LogP contribution in [-0.2, 0) is 0 Å². The minimum atomic E-state index is 0.757. The van der Waals surface area contributed by atoms with Crippen LogP contribution in [0, 0.1) is 0 Å². The van der Waals surface area contributed by atoms with Gasteiger partial charge in [-0.25, -0.2) is 0 Å². The van der Waals surface area contributed by atoms with Crippen LogP contribution in [0.25, 0.3) is 17.0 Å². The minimum Gasteiger partial charge on any atom is -0.369 e. The fraction of sp³-hybridized carbons (Fsp3) is 0.182. The van der Waals surface area contributed by atoms with Crippen LogP contribution >= 0.6 is 11.3 Å². The third-order valence-corrected chi connectivity index (χ3v) is 3.08. The van der Waals surface area contributed by atoms with Crippen molar-refractivity contribution in [2.45, 2.75) is 6.92 Å². The molecular weight excluding hydrogens is 234 g/mol. The predicted octanol–water partition coefficient (Wildman–Crippen LogP) is 2.28. The molecule has 0 aliphatic heterocycles. The molecule has 3 aromatic heterocycles. The van der Waals surface area contributed by atoms with E-state index in [2.05, 4.69) is 20.6 Å². The molecule has 3 heterocycles. The van der Waals surface area contributed by atoms with Crippen molar-refractivity contribution in [2.24, 2.45) is 0 Å². The maximum absolute atomic E-state index is 4.47. The van der Waals surface area contributed by atoms with Crippen LogP contribution in [0.4, 0.5) is 5.82 Å². The highest BCUT2D eigenvalue weighted by molar-refractivity contribution is 7.08. The van der Waals surface area contributed by atoms with Gasteiger partial charge in [0.15, 0.2) is 11.5 Å². The average Bonchev–Trinajstić information content (AvgIpc) is 2.96. The lowest BCUT2D eigenvalue weighted by Gasteiger charge is -2.02. The van der Waals surface area contributed by atoms with Gasteiger partial charge in [0.05, 0.1) is 0 Å². The van der Waals surface area contributed by atoms with Crippen molar-refractivity contribution in [1.82, 2.24) is 19.8 Å². The van der Waals surface area contributed by atoms with Crippen LogP contribution < -0.4 is 5.32 Å². The normalized spacial score (nSPS) is 10.9. The van der Waals surface area contributed by atoms with Crippen LogP contribution in [0.1, 0.15) is 6.92 Å². The second-order valence-corrected chi connectivity index (χ2v) is 4.33. The number of thiophene rings is 1. The molecule has 0 amide bonds. The van der Waals surface area contributed by atoms with Crippen molar-refractivity contribution in [3.05, 3.63) is 29.0 Å². The van der Waals surface area contributed by atoms with E-state index in [1.165, 1.54) is 0 Å². The van der Waals surface area contributed by atoms with Crippen molar-refractivity contribution in [1.29, 1.82) is 0 Å². The van der Waals surface area contributed by atoms with Gasteiger partial charge in [-0.05, 0) is 30.5 Å². The molecule has 0 radical (unpaired) electrons. The number of nitrogens with zero attached hydrogens (tertiary/aromatic N) is 4. The van der Waals surface area contributed by atoms with E-state index in [1.54, 1.807) is 15.9 Å². The maximum atomic E-state index is 4.47. The van der Waals surface area contributed by atoms with Crippen LogP contribution in [0.2, 0.25) is 0 Å². The minimum absolute atomic E-state index is 0.757. The zero-order valence-corrected chi connectivity index (χ0v) is 10.1. The molecule has 0 bridgehead atoms.